The smallest absolute Gasteiger partial charge is 0.0543 e. The van der Waals surface area contributed by atoms with E-state index in [2.05, 4.69) is 55.2 Å². The second-order valence-corrected chi connectivity index (χ2v) is 5.83. The molecule has 3 nitrogen and oxygen atoms in total. The van der Waals surface area contributed by atoms with Gasteiger partial charge in [-0.1, -0.05) is 26.8 Å². The second-order valence-electron chi connectivity index (χ2n) is 5.83. The fourth-order valence-electron chi connectivity index (χ4n) is 2.34. The van der Waals surface area contributed by atoms with Crippen molar-refractivity contribution in [2.45, 2.75) is 40.2 Å². The normalized spacial score (nSPS) is 14.6. The van der Waals surface area contributed by atoms with Crippen molar-refractivity contribution < 1.29 is 0 Å². The summed E-state index contributed by atoms with van der Waals surface area (Å²) in [6, 6.07) is 6.11. The van der Waals surface area contributed by atoms with Crippen LogP contribution >= 0.6 is 0 Å². The topological polar surface area (TPSA) is 28.2 Å². The lowest BCUT2D eigenvalue weighted by Gasteiger charge is -2.33. The van der Waals surface area contributed by atoms with Gasteiger partial charge in [-0.15, -0.1) is 0 Å². The van der Waals surface area contributed by atoms with Crippen LogP contribution in [-0.4, -0.2) is 36.6 Å². The van der Waals surface area contributed by atoms with Gasteiger partial charge >= 0.3 is 0 Å². The van der Waals surface area contributed by atoms with E-state index in [1.807, 2.05) is 12.3 Å². The Kier molecular flexibility index (Phi) is 7.03. The average Bonchev–Trinajstić information content (AvgIpc) is 2.40. The Morgan fingerprint density at radius 1 is 1.32 bits per heavy atom. The highest BCUT2D eigenvalue weighted by Gasteiger charge is 2.23. The summed E-state index contributed by atoms with van der Waals surface area (Å²) in [6.07, 6.45) is 4.25. The quantitative estimate of drug-likeness (QED) is 0.694. The lowest BCUT2D eigenvalue weighted by Crippen LogP contribution is -2.40. The summed E-state index contributed by atoms with van der Waals surface area (Å²) < 4.78 is 0. The van der Waals surface area contributed by atoms with Crippen LogP contribution in [0.3, 0.4) is 0 Å². The average molecular weight is 263 g/mol. The monoisotopic (exact) mass is 263 g/mol. The van der Waals surface area contributed by atoms with Crippen molar-refractivity contribution >= 4 is 0 Å². The van der Waals surface area contributed by atoms with Gasteiger partial charge in [-0.05, 0) is 44.0 Å². The lowest BCUT2D eigenvalue weighted by molar-refractivity contribution is 0.174. The Bertz CT molecular complexity index is 339. The molecule has 0 amide bonds. The molecule has 0 spiro atoms. The molecule has 0 fully saturated rings. The van der Waals surface area contributed by atoms with Crippen molar-refractivity contribution in [2.24, 2.45) is 5.41 Å². The molecule has 0 aliphatic rings. The van der Waals surface area contributed by atoms with Gasteiger partial charge in [0.05, 0.1) is 5.69 Å². The minimum atomic E-state index is 0.332. The molecule has 1 N–H and O–H groups in total. The number of hydrogen-bond acceptors (Lipinski definition) is 3. The standard InChI is InChI=1S/C16H29N3/c1-5-10-17-13-16(3,6-2)14-19(4)12-15-9-7-8-11-18-15/h7-9,11,17H,5-6,10,12-14H2,1-4H3. The van der Waals surface area contributed by atoms with E-state index >= 15 is 0 Å². The van der Waals surface area contributed by atoms with E-state index in [9.17, 15) is 0 Å². The molecular weight excluding hydrogens is 234 g/mol. The van der Waals surface area contributed by atoms with E-state index in [0.717, 1.165) is 31.9 Å². The maximum atomic E-state index is 4.39. The number of nitrogens with zero attached hydrogens (tertiary/aromatic N) is 2. The molecule has 0 aliphatic carbocycles. The summed E-state index contributed by atoms with van der Waals surface area (Å²) in [5, 5.41) is 3.55. The fourth-order valence-corrected chi connectivity index (χ4v) is 2.34. The first-order chi connectivity index (χ1) is 9.09. The summed E-state index contributed by atoms with van der Waals surface area (Å²) in [7, 11) is 2.18. The van der Waals surface area contributed by atoms with Gasteiger partial charge in [0.1, 0.15) is 0 Å². The Balaban J connectivity index is 2.45. The molecule has 0 saturated heterocycles. The SMILES string of the molecule is CCCNCC(C)(CC)CN(C)Cc1ccccn1. The molecule has 0 aromatic carbocycles. The van der Waals surface area contributed by atoms with Crippen LogP contribution in [0, 0.1) is 5.41 Å². The largest absolute Gasteiger partial charge is 0.316 e. The predicted molar refractivity (Wildman–Crippen MR) is 82.1 cm³/mol. The van der Waals surface area contributed by atoms with Crippen LogP contribution in [0.1, 0.15) is 39.3 Å². The van der Waals surface area contributed by atoms with Crippen molar-refractivity contribution in [3.05, 3.63) is 30.1 Å². The van der Waals surface area contributed by atoms with E-state index in [1.54, 1.807) is 0 Å². The molecule has 3 heteroatoms. The third-order valence-electron chi connectivity index (χ3n) is 3.64. The van der Waals surface area contributed by atoms with Crippen LogP contribution in [0.2, 0.25) is 0 Å². The first-order valence-electron chi connectivity index (χ1n) is 7.39. The van der Waals surface area contributed by atoms with Crippen LogP contribution in [0.25, 0.3) is 0 Å². The van der Waals surface area contributed by atoms with E-state index in [4.69, 9.17) is 0 Å². The highest BCUT2D eigenvalue weighted by atomic mass is 15.1. The summed E-state index contributed by atoms with van der Waals surface area (Å²) in [5.41, 5.74) is 1.48. The molecule has 19 heavy (non-hydrogen) atoms. The van der Waals surface area contributed by atoms with Crippen LogP contribution in [0.4, 0.5) is 0 Å². The maximum Gasteiger partial charge on any atom is 0.0543 e. The van der Waals surface area contributed by atoms with Crippen LogP contribution in [0.5, 0.6) is 0 Å². The molecule has 108 valence electrons. The van der Waals surface area contributed by atoms with Crippen molar-refractivity contribution in [1.82, 2.24) is 15.2 Å². The lowest BCUT2D eigenvalue weighted by atomic mass is 9.86. The Morgan fingerprint density at radius 3 is 2.68 bits per heavy atom. The Labute approximate surface area is 118 Å². The zero-order valence-electron chi connectivity index (χ0n) is 12.9. The molecule has 1 aromatic heterocycles. The third-order valence-corrected chi connectivity index (χ3v) is 3.64. The van der Waals surface area contributed by atoms with Crippen LogP contribution in [-0.2, 0) is 6.54 Å². The Morgan fingerprint density at radius 2 is 2.11 bits per heavy atom. The number of aromatic nitrogens is 1. The molecule has 1 heterocycles. The molecule has 1 aromatic rings. The van der Waals surface area contributed by atoms with E-state index < -0.39 is 0 Å². The molecule has 1 unspecified atom stereocenters. The van der Waals surface area contributed by atoms with Gasteiger partial charge in [-0.25, -0.2) is 0 Å². The zero-order valence-corrected chi connectivity index (χ0v) is 12.9. The number of pyridine rings is 1. The van der Waals surface area contributed by atoms with Gasteiger partial charge < -0.3 is 5.32 Å². The second kappa shape index (κ2) is 8.28. The van der Waals surface area contributed by atoms with Gasteiger partial charge in [0.2, 0.25) is 0 Å². The molecule has 0 aliphatic heterocycles. The van der Waals surface area contributed by atoms with E-state index in [1.165, 1.54) is 12.8 Å². The minimum Gasteiger partial charge on any atom is -0.316 e. The van der Waals surface area contributed by atoms with Crippen molar-refractivity contribution in [3.8, 4) is 0 Å². The first-order valence-corrected chi connectivity index (χ1v) is 7.39. The van der Waals surface area contributed by atoms with Gasteiger partial charge in [0.25, 0.3) is 0 Å². The molecule has 1 rings (SSSR count). The summed E-state index contributed by atoms with van der Waals surface area (Å²) in [5.74, 6) is 0. The number of hydrogen-bond donors (Lipinski definition) is 1. The molecule has 0 saturated carbocycles. The molecule has 0 radical (unpaired) electrons. The van der Waals surface area contributed by atoms with Gasteiger partial charge in [-0.3, -0.25) is 9.88 Å². The molecule has 0 bridgehead atoms. The van der Waals surface area contributed by atoms with Crippen LogP contribution < -0.4 is 5.32 Å². The predicted octanol–water partition coefficient (Wildman–Crippen LogP) is 2.93. The maximum absolute atomic E-state index is 4.39. The first kappa shape index (κ1) is 16.1. The highest BCUT2D eigenvalue weighted by molar-refractivity contribution is 5.03. The van der Waals surface area contributed by atoms with Crippen molar-refractivity contribution in [3.63, 3.8) is 0 Å². The van der Waals surface area contributed by atoms with E-state index in [0.29, 0.717) is 5.41 Å². The fraction of sp³-hybridized carbons (Fsp3) is 0.688. The van der Waals surface area contributed by atoms with Gasteiger partial charge in [0, 0.05) is 25.8 Å². The van der Waals surface area contributed by atoms with Crippen LogP contribution in [0.15, 0.2) is 24.4 Å². The van der Waals surface area contributed by atoms with E-state index in [-0.39, 0.29) is 0 Å². The van der Waals surface area contributed by atoms with Gasteiger partial charge in [-0.2, -0.15) is 0 Å². The van der Waals surface area contributed by atoms with Gasteiger partial charge in [0.15, 0.2) is 0 Å². The Hall–Kier alpha value is -0.930. The third kappa shape index (κ3) is 6.17. The molecular formula is C16H29N3. The summed E-state index contributed by atoms with van der Waals surface area (Å²) in [4.78, 5) is 6.77. The van der Waals surface area contributed by atoms with Crippen molar-refractivity contribution in [1.29, 1.82) is 0 Å². The summed E-state index contributed by atoms with van der Waals surface area (Å²) >= 11 is 0. The van der Waals surface area contributed by atoms with Crippen molar-refractivity contribution in [2.75, 3.05) is 26.7 Å². The summed E-state index contributed by atoms with van der Waals surface area (Å²) in [6.45, 7) is 11.1. The zero-order chi connectivity index (χ0) is 14.1. The molecule has 1 atom stereocenters. The highest BCUT2D eigenvalue weighted by Crippen LogP contribution is 2.21. The number of nitrogens with one attached hydrogen (secondary N) is 1. The number of rotatable bonds is 9. The minimum absolute atomic E-state index is 0.332.